The summed E-state index contributed by atoms with van der Waals surface area (Å²) in [5.41, 5.74) is 1.18. The standard InChI is InChI=1S/C16H24N2O2/c1-2-20-16(19)15(13-14-7-4-3-5-8-14)18-11-6-9-17-10-12-18/h3-5,7-8,15,17H,2,6,9-13H2,1H3. The second-order valence-electron chi connectivity index (χ2n) is 5.10. The molecule has 0 radical (unpaired) electrons. The molecule has 0 aromatic heterocycles. The molecule has 1 heterocycles. The lowest BCUT2D eigenvalue weighted by Gasteiger charge is -2.28. The molecule has 0 amide bonds. The molecule has 0 aliphatic carbocycles. The van der Waals surface area contributed by atoms with E-state index in [1.165, 1.54) is 5.56 Å². The summed E-state index contributed by atoms with van der Waals surface area (Å²) in [6.45, 7) is 6.11. The van der Waals surface area contributed by atoms with Gasteiger partial charge in [-0.2, -0.15) is 0 Å². The summed E-state index contributed by atoms with van der Waals surface area (Å²) in [6.07, 6.45) is 1.80. The van der Waals surface area contributed by atoms with Gasteiger partial charge in [-0.25, -0.2) is 0 Å². The fourth-order valence-corrected chi connectivity index (χ4v) is 2.62. The normalized spacial score (nSPS) is 18.2. The Kier molecular flexibility index (Phi) is 6.02. The highest BCUT2D eigenvalue weighted by atomic mass is 16.5. The Balaban J connectivity index is 2.08. The first-order valence-corrected chi connectivity index (χ1v) is 7.46. The summed E-state index contributed by atoms with van der Waals surface area (Å²) in [5.74, 6) is -0.0988. The summed E-state index contributed by atoms with van der Waals surface area (Å²) in [6, 6.07) is 10.0. The van der Waals surface area contributed by atoms with Crippen molar-refractivity contribution < 1.29 is 9.53 Å². The SMILES string of the molecule is CCOC(=O)C(Cc1ccccc1)N1CCCNCC1. The summed E-state index contributed by atoms with van der Waals surface area (Å²) >= 11 is 0. The zero-order chi connectivity index (χ0) is 14.2. The Labute approximate surface area is 121 Å². The third-order valence-corrected chi connectivity index (χ3v) is 3.65. The van der Waals surface area contributed by atoms with Gasteiger partial charge in [0, 0.05) is 19.6 Å². The molecule has 1 saturated heterocycles. The molecule has 1 aromatic rings. The van der Waals surface area contributed by atoms with E-state index in [1.807, 2.05) is 25.1 Å². The number of esters is 1. The molecule has 0 bridgehead atoms. The van der Waals surface area contributed by atoms with E-state index in [4.69, 9.17) is 4.74 Å². The van der Waals surface area contributed by atoms with Crippen LogP contribution in [0.4, 0.5) is 0 Å². The zero-order valence-corrected chi connectivity index (χ0v) is 12.2. The van der Waals surface area contributed by atoms with Gasteiger partial charge in [-0.05, 0) is 31.9 Å². The minimum absolute atomic E-state index is 0.0988. The van der Waals surface area contributed by atoms with E-state index in [9.17, 15) is 4.79 Å². The van der Waals surface area contributed by atoms with Crippen molar-refractivity contribution >= 4 is 5.97 Å². The molecule has 20 heavy (non-hydrogen) atoms. The number of hydrogen-bond donors (Lipinski definition) is 1. The number of benzene rings is 1. The van der Waals surface area contributed by atoms with Gasteiger partial charge in [0.05, 0.1) is 6.61 Å². The van der Waals surface area contributed by atoms with Gasteiger partial charge in [-0.1, -0.05) is 30.3 Å². The number of ether oxygens (including phenoxy) is 1. The average molecular weight is 276 g/mol. The van der Waals surface area contributed by atoms with Crippen molar-refractivity contribution in [2.24, 2.45) is 0 Å². The van der Waals surface area contributed by atoms with E-state index >= 15 is 0 Å². The Morgan fingerprint density at radius 2 is 2.10 bits per heavy atom. The number of nitrogens with zero attached hydrogens (tertiary/aromatic N) is 1. The van der Waals surface area contributed by atoms with Crippen LogP contribution in [0.3, 0.4) is 0 Å². The van der Waals surface area contributed by atoms with Crippen molar-refractivity contribution in [2.75, 3.05) is 32.8 Å². The summed E-state index contributed by atoms with van der Waals surface area (Å²) in [5, 5.41) is 3.37. The molecule has 1 aliphatic heterocycles. The molecule has 0 spiro atoms. The highest BCUT2D eigenvalue weighted by Crippen LogP contribution is 2.12. The molecule has 1 fully saturated rings. The molecule has 4 heteroatoms. The third kappa shape index (κ3) is 4.32. The van der Waals surface area contributed by atoms with Gasteiger partial charge in [0.15, 0.2) is 0 Å². The van der Waals surface area contributed by atoms with Crippen LogP contribution < -0.4 is 5.32 Å². The number of nitrogens with one attached hydrogen (secondary N) is 1. The van der Waals surface area contributed by atoms with Crippen molar-refractivity contribution in [2.45, 2.75) is 25.8 Å². The van der Waals surface area contributed by atoms with Crippen LogP contribution in [-0.2, 0) is 16.0 Å². The fraction of sp³-hybridized carbons (Fsp3) is 0.562. The van der Waals surface area contributed by atoms with E-state index in [0.717, 1.165) is 39.0 Å². The Bertz CT molecular complexity index is 400. The van der Waals surface area contributed by atoms with E-state index in [0.29, 0.717) is 6.61 Å². The lowest BCUT2D eigenvalue weighted by molar-refractivity contribution is -0.149. The molecule has 2 rings (SSSR count). The quantitative estimate of drug-likeness (QED) is 0.827. The maximum absolute atomic E-state index is 12.3. The minimum Gasteiger partial charge on any atom is -0.465 e. The van der Waals surface area contributed by atoms with Crippen LogP contribution in [0.1, 0.15) is 18.9 Å². The number of rotatable bonds is 5. The van der Waals surface area contributed by atoms with Gasteiger partial charge in [-0.15, -0.1) is 0 Å². The molecular formula is C16H24N2O2. The predicted molar refractivity (Wildman–Crippen MR) is 79.6 cm³/mol. The Hall–Kier alpha value is -1.39. The maximum Gasteiger partial charge on any atom is 0.323 e. The lowest BCUT2D eigenvalue weighted by atomic mass is 10.0. The molecule has 110 valence electrons. The summed E-state index contributed by atoms with van der Waals surface area (Å²) in [7, 11) is 0. The second-order valence-corrected chi connectivity index (χ2v) is 5.10. The summed E-state index contributed by atoms with van der Waals surface area (Å²) in [4.78, 5) is 14.5. The largest absolute Gasteiger partial charge is 0.465 e. The van der Waals surface area contributed by atoms with E-state index < -0.39 is 0 Å². The maximum atomic E-state index is 12.3. The van der Waals surface area contributed by atoms with Crippen LogP contribution >= 0.6 is 0 Å². The van der Waals surface area contributed by atoms with Crippen LogP contribution in [0.15, 0.2) is 30.3 Å². The van der Waals surface area contributed by atoms with Crippen molar-refractivity contribution in [3.8, 4) is 0 Å². The monoisotopic (exact) mass is 276 g/mol. The Morgan fingerprint density at radius 3 is 2.85 bits per heavy atom. The molecule has 0 saturated carbocycles. The molecule has 1 N–H and O–H groups in total. The van der Waals surface area contributed by atoms with Gasteiger partial charge < -0.3 is 10.1 Å². The highest BCUT2D eigenvalue weighted by Gasteiger charge is 2.27. The molecule has 1 aromatic carbocycles. The van der Waals surface area contributed by atoms with Crippen molar-refractivity contribution in [1.29, 1.82) is 0 Å². The van der Waals surface area contributed by atoms with Crippen molar-refractivity contribution in [3.05, 3.63) is 35.9 Å². The van der Waals surface area contributed by atoms with Crippen LogP contribution in [0.5, 0.6) is 0 Å². The number of carbonyl (C=O) groups is 1. The van der Waals surface area contributed by atoms with E-state index in [2.05, 4.69) is 22.3 Å². The average Bonchev–Trinajstić information content (AvgIpc) is 2.75. The molecule has 1 unspecified atom stereocenters. The zero-order valence-electron chi connectivity index (χ0n) is 12.2. The fourth-order valence-electron chi connectivity index (χ4n) is 2.62. The van der Waals surface area contributed by atoms with Crippen molar-refractivity contribution in [3.63, 3.8) is 0 Å². The minimum atomic E-state index is -0.169. The van der Waals surface area contributed by atoms with E-state index in [-0.39, 0.29) is 12.0 Å². The van der Waals surface area contributed by atoms with Gasteiger partial charge in [0.1, 0.15) is 6.04 Å². The van der Waals surface area contributed by atoms with Crippen LogP contribution in [0, 0.1) is 0 Å². The molecule has 1 aliphatic rings. The van der Waals surface area contributed by atoms with Gasteiger partial charge >= 0.3 is 5.97 Å². The Morgan fingerprint density at radius 1 is 1.30 bits per heavy atom. The summed E-state index contributed by atoms with van der Waals surface area (Å²) < 4.78 is 5.27. The first kappa shape index (κ1) is 15.0. The highest BCUT2D eigenvalue weighted by molar-refractivity contribution is 5.76. The van der Waals surface area contributed by atoms with Crippen molar-refractivity contribution in [1.82, 2.24) is 10.2 Å². The number of hydrogen-bond acceptors (Lipinski definition) is 4. The van der Waals surface area contributed by atoms with Crippen LogP contribution in [0.25, 0.3) is 0 Å². The number of carbonyl (C=O) groups excluding carboxylic acids is 1. The molecular weight excluding hydrogens is 252 g/mol. The molecule has 4 nitrogen and oxygen atoms in total. The lowest BCUT2D eigenvalue weighted by Crippen LogP contribution is -2.45. The molecule has 1 atom stereocenters. The van der Waals surface area contributed by atoms with E-state index in [1.54, 1.807) is 0 Å². The third-order valence-electron chi connectivity index (χ3n) is 3.65. The second kappa shape index (κ2) is 8.02. The van der Waals surface area contributed by atoms with Crippen LogP contribution in [-0.4, -0.2) is 49.7 Å². The topological polar surface area (TPSA) is 41.6 Å². The predicted octanol–water partition coefficient (Wildman–Crippen LogP) is 1.46. The van der Waals surface area contributed by atoms with Crippen LogP contribution in [0.2, 0.25) is 0 Å². The van der Waals surface area contributed by atoms with Gasteiger partial charge in [-0.3, -0.25) is 9.69 Å². The first-order chi connectivity index (χ1) is 9.81. The first-order valence-electron chi connectivity index (χ1n) is 7.46. The smallest absolute Gasteiger partial charge is 0.323 e. The van der Waals surface area contributed by atoms with Gasteiger partial charge in [0.25, 0.3) is 0 Å². The van der Waals surface area contributed by atoms with Gasteiger partial charge in [0.2, 0.25) is 0 Å².